The van der Waals surface area contributed by atoms with Gasteiger partial charge in [-0.15, -0.1) is 0 Å². The Morgan fingerprint density at radius 1 is 1.23 bits per heavy atom. The van der Waals surface area contributed by atoms with Crippen molar-refractivity contribution >= 4 is 11.6 Å². The van der Waals surface area contributed by atoms with Gasteiger partial charge in [0.05, 0.1) is 0 Å². The second-order valence-electron chi connectivity index (χ2n) is 4.09. The van der Waals surface area contributed by atoms with Crippen LogP contribution in [0.15, 0.2) is 11.1 Å². The van der Waals surface area contributed by atoms with Gasteiger partial charge in [0, 0.05) is 11.8 Å². The molecule has 0 aromatic heterocycles. The van der Waals surface area contributed by atoms with Crippen LogP contribution in [0, 0.1) is 5.41 Å². The molecule has 0 saturated carbocycles. The molecule has 1 unspecified atom stereocenters. The molecule has 1 rings (SSSR count). The summed E-state index contributed by atoms with van der Waals surface area (Å²) < 4.78 is 0. The first-order valence-electron chi connectivity index (χ1n) is 4.68. The number of Topliss-reactive ketones (excluding diaryl/α,β-unsaturated/α-hetero) is 2. The van der Waals surface area contributed by atoms with Crippen molar-refractivity contribution in [3.8, 4) is 0 Å². The molecule has 0 aromatic carbocycles. The maximum absolute atomic E-state index is 11.8. The lowest BCUT2D eigenvalue weighted by molar-refractivity contribution is -0.131. The van der Waals surface area contributed by atoms with Gasteiger partial charge in [-0.2, -0.15) is 0 Å². The summed E-state index contributed by atoms with van der Waals surface area (Å²) in [5, 5.41) is 0. The maximum atomic E-state index is 11.8. The van der Waals surface area contributed by atoms with Gasteiger partial charge in [0.1, 0.15) is 0 Å². The van der Waals surface area contributed by atoms with Crippen molar-refractivity contribution in [3.63, 3.8) is 0 Å². The fraction of sp³-hybridized carbons (Fsp3) is 0.636. The molecule has 0 heterocycles. The van der Waals surface area contributed by atoms with Gasteiger partial charge >= 0.3 is 0 Å². The van der Waals surface area contributed by atoms with Gasteiger partial charge < -0.3 is 0 Å². The van der Waals surface area contributed by atoms with E-state index in [9.17, 15) is 9.59 Å². The van der Waals surface area contributed by atoms with E-state index < -0.39 is 5.41 Å². The Balaban J connectivity index is 3.17. The molecule has 0 aliphatic heterocycles. The van der Waals surface area contributed by atoms with E-state index in [1.54, 1.807) is 13.8 Å². The molecule has 1 aliphatic rings. The molecule has 0 fully saturated rings. The summed E-state index contributed by atoms with van der Waals surface area (Å²) in [5.74, 6) is 0.272. The highest BCUT2D eigenvalue weighted by molar-refractivity contribution is 6.13. The van der Waals surface area contributed by atoms with Crippen LogP contribution < -0.4 is 0 Å². The predicted octanol–water partition coefficient (Wildman–Crippen LogP) is 2.28. The topological polar surface area (TPSA) is 34.1 Å². The van der Waals surface area contributed by atoms with Crippen molar-refractivity contribution in [3.05, 3.63) is 11.1 Å². The van der Waals surface area contributed by atoms with E-state index in [2.05, 4.69) is 0 Å². The smallest absolute Gasteiger partial charge is 0.165 e. The number of carbonyl (C=O) groups is 2. The molecule has 0 N–H and O–H groups in total. The minimum absolute atomic E-state index is 0.126. The molecular formula is C11H16O2. The third-order valence-corrected chi connectivity index (χ3v) is 3.20. The summed E-state index contributed by atoms with van der Waals surface area (Å²) in [5.41, 5.74) is 0.859. The molecule has 0 amide bonds. The third-order valence-electron chi connectivity index (χ3n) is 3.20. The number of rotatable bonds is 1. The van der Waals surface area contributed by atoms with Gasteiger partial charge in [0.25, 0.3) is 0 Å². The Morgan fingerprint density at radius 3 is 2.23 bits per heavy atom. The summed E-state index contributed by atoms with van der Waals surface area (Å²) in [7, 11) is 0. The SMILES string of the molecule is CCC1(C)CC(=O)C(C)=C(C)C1=O. The van der Waals surface area contributed by atoms with Crippen molar-refractivity contribution in [2.24, 2.45) is 5.41 Å². The van der Waals surface area contributed by atoms with Crippen molar-refractivity contribution < 1.29 is 9.59 Å². The number of hydrogen-bond donors (Lipinski definition) is 0. The van der Waals surface area contributed by atoms with Gasteiger partial charge in [-0.1, -0.05) is 13.8 Å². The van der Waals surface area contributed by atoms with Crippen molar-refractivity contribution in [2.45, 2.75) is 40.5 Å². The van der Waals surface area contributed by atoms with Crippen LogP contribution in [-0.2, 0) is 9.59 Å². The Morgan fingerprint density at radius 2 is 1.77 bits per heavy atom. The van der Waals surface area contributed by atoms with Crippen LogP contribution in [-0.4, -0.2) is 11.6 Å². The molecule has 0 aromatic rings. The fourth-order valence-electron chi connectivity index (χ4n) is 1.68. The zero-order chi connectivity index (χ0) is 10.2. The Labute approximate surface area is 79.0 Å². The lowest BCUT2D eigenvalue weighted by atomic mass is 9.70. The van der Waals surface area contributed by atoms with Crippen molar-refractivity contribution in [1.82, 2.24) is 0 Å². The van der Waals surface area contributed by atoms with Crippen LogP contribution in [0.5, 0.6) is 0 Å². The van der Waals surface area contributed by atoms with Crippen LogP contribution in [0.2, 0.25) is 0 Å². The number of carbonyl (C=O) groups excluding carboxylic acids is 2. The standard InChI is InChI=1S/C11H16O2/c1-5-11(4)6-9(12)7(2)8(3)10(11)13/h5-6H2,1-4H3. The van der Waals surface area contributed by atoms with Crippen LogP contribution in [0.4, 0.5) is 0 Å². The second-order valence-corrected chi connectivity index (χ2v) is 4.09. The molecule has 0 radical (unpaired) electrons. The van der Waals surface area contributed by atoms with Gasteiger partial charge in [-0.25, -0.2) is 0 Å². The van der Waals surface area contributed by atoms with E-state index in [1.807, 2.05) is 13.8 Å². The summed E-state index contributed by atoms with van der Waals surface area (Å²) in [6.45, 7) is 7.33. The Bertz CT molecular complexity index is 299. The molecule has 1 atom stereocenters. The van der Waals surface area contributed by atoms with E-state index in [0.717, 1.165) is 6.42 Å². The fourth-order valence-corrected chi connectivity index (χ4v) is 1.68. The van der Waals surface area contributed by atoms with Crippen LogP contribution in [0.3, 0.4) is 0 Å². The average molecular weight is 180 g/mol. The zero-order valence-corrected chi connectivity index (χ0v) is 8.73. The highest BCUT2D eigenvalue weighted by Crippen LogP contribution is 2.36. The number of hydrogen-bond acceptors (Lipinski definition) is 2. The van der Waals surface area contributed by atoms with E-state index in [1.165, 1.54) is 0 Å². The van der Waals surface area contributed by atoms with Crippen molar-refractivity contribution in [1.29, 1.82) is 0 Å². The molecule has 2 heteroatoms. The largest absolute Gasteiger partial charge is 0.295 e. The van der Waals surface area contributed by atoms with Crippen LogP contribution >= 0.6 is 0 Å². The summed E-state index contributed by atoms with van der Waals surface area (Å²) in [6, 6.07) is 0. The predicted molar refractivity (Wildman–Crippen MR) is 51.4 cm³/mol. The molecule has 72 valence electrons. The van der Waals surface area contributed by atoms with Crippen LogP contribution in [0.25, 0.3) is 0 Å². The minimum Gasteiger partial charge on any atom is -0.295 e. The van der Waals surface area contributed by atoms with E-state index in [4.69, 9.17) is 0 Å². The average Bonchev–Trinajstić information content (AvgIpc) is 2.12. The Kier molecular flexibility index (Phi) is 2.42. The molecule has 2 nitrogen and oxygen atoms in total. The van der Waals surface area contributed by atoms with Gasteiger partial charge in [0.2, 0.25) is 0 Å². The number of allylic oxidation sites excluding steroid dienone is 2. The minimum atomic E-state index is -0.444. The van der Waals surface area contributed by atoms with Gasteiger partial charge in [-0.3, -0.25) is 9.59 Å². The zero-order valence-electron chi connectivity index (χ0n) is 8.73. The second kappa shape index (κ2) is 3.09. The van der Waals surface area contributed by atoms with E-state index >= 15 is 0 Å². The molecule has 0 spiro atoms. The first kappa shape index (κ1) is 10.2. The monoisotopic (exact) mass is 180 g/mol. The lowest BCUT2D eigenvalue weighted by Gasteiger charge is -2.31. The molecule has 0 bridgehead atoms. The highest BCUT2D eigenvalue weighted by Gasteiger charge is 2.39. The van der Waals surface area contributed by atoms with Gasteiger partial charge in [-0.05, 0) is 31.4 Å². The summed E-state index contributed by atoms with van der Waals surface area (Å²) in [4.78, 5) is 23.3. The highest BCUT2D eigenvalue weighted by atomic mass is 16.1. The first-order valence-corrected chi connectivity index (χ1v) is 4.68. The molecule has 0 saturated heterocycles. The number of ketones is 2. The van der Waals surface area contributed by atoms with E-state index in [-0.39, 0.29) is 11.6 Å². The van der Waals surface area contributed by atoms with Crippen molar-refractivity contribution in [2.75, 3.05) is 0 Å². The molecule has 13 heavy (non-hydrogen) atoms. The molecular weight excluding hydrogens is 164 g/mol. The molecule has 1 aliphatic carbocycles. The third kappa shape index (κ3) is 1.45. The first-order chi connectivity index (χ1) is 5.92. The van der Waals surface area contributed by atoms with Gasteiger partial charge in [0.15, 0.2) is 11.6 Å². The summed E-state index contributed by atoms with van der Waals surface area (Å²) >= 11 is 0. The lowest BCUT2D eigenvalue weighted by Crippen LogP contribution is -2.35. The van der Waals surface area contributed by atoms with Crippen LogP contribution in [0.1, 0.15) is 40.5 Å². The quantitative estimate of drug-likeness (QED) is 0.620. The maximum Gasteiger partial charge on any atom is 0.165 e. The Hall–Kier alpha value is -0.920. The summed E-state index contributed by atoms with van der Waals surface area (Å²) in [6.07, 6.45) is 1.12. The normalized spacial score (nSPS) is 29.8. The van der Waals surface area contributed by atoms with E-state index in [0.29, 0.717) is 17.6 Å².